The lowest BCUT2D eigenvalue weighted by Crippen LogP contribution is -2.52. The largest absolute Gasteiger partial charge is 0.374 e. The highest BCUT2D eigenvalue weighted by Crippen LogP contribution is 2.30. The molecule has 0 aromatic rings. The minimum absolute atomic E-state index is 0.131. The molecule has 120 valence electrons. The Hall–Kier alpha value is -0.210. The van der Waals surface area contributed by atoms with Crippen LogP contribution in [0.5, 0.6) is 0 Å². The highest BCUT2D eigenvalue weighted by molar-refractivity contribution is 7.91. The van der Waals surface area contributed by atoms with Crippen LogP contribution in [0.1, 0.15) is 26.7 Å². The maximum Gasteiger partial charge on any atom is 0.151 e. The molecule has 0 radical (unpaired) electrons. The van der Waals surface area contributed by atoms with Gasteiger partial charge in [-0.05, 0) is 32.9 Å². The second-order valence-electron chi connectivity index (χ2n) is 5.63. The van der Waals surface area contributed by atoms with Crippen molar-refractivity contribution in [2.24, 2.45) is 5.92 Å². The van der Waals surface area contributed by atoms with Gasteiger partial charge in [-0.3, -0.25) is 4.84 Å². The van der Waals surface area contributed by atoms with E-state index in [4.69, 9.17) is 4.84 Å². The summed E-state index contributed by atoms with van der Waals surface area (Å²) in [6.45, 7) is 5.66. The van der Waals surface area contributed by atoms with Crippen LogP contribution in [0.3, 0.4) is 0 Å². The van der Waals surface area contributed by atoms with Gasteiger partial charge >= 0.3 is 0 Å². The lowest BCUT2D eigenvalue weighted by molar-refractivity contribution is -0.282. The predicted molar refractivity (Wildman–Crippen MR) is 78.9 cm³/mol. The Labute approximate surface area is 122 Å². The molecule has 0 spiro atoms. The number of rotatable bonds is 7. The third-order valence-corrected chi connectivity index (χ3v) is 6.11. The van der Waals surface area contributed by atoms with Gasteiger partial charge in [0.05, 0.1) is 12.9 Å². The highest BCUT2D eigenvalue weighted by atomic mass is 32.2. The Balaban J connectivity index is 2.44. The van der Waals surface area contributed by atoms with E-state index in [-0.39, 0.29) is 17.4 Å². The molecule has 1 saturated heterocycles. The molecule has 20 heavy (non-hydrogen) atoms. The van der Waals surface area contributed by atoms with E-state index < -0.39 is 15.6 Å². The first kappa shape index (κ1) is 17.8. The maximum absolute atomic E-state index is 11.5. The zero-order valence-electron chi connectivity index (χ0n) is 13.0. The van der Waals surface area contributed by atoms with E-state index in [0.29, 0.717) is 6.54 Å². The normalized spacial score (nSPS) is 22.1. The van der Waals surface area contributed by atoms with Gasteiger partial charge in [0.1, 0.15) is 5.72 Å². The topological polar surface area (TPSA) is 70.1 Å². The quantitative estimate of drug-likeness (QED) is 0.540. The standard InChI is InChI=1S/C13H28N2O4S/c1-5-20(17,18)11-10-15-8-6-12(7-9-15)13(2,16)14(3)19-4/h12,16H,5-11H2,1-4H3. The molecule has 0 saturated carbocycles. The van der Waals surface area contributed by atoms with Crippen LogP contribution < -0.4 is 0 Å². The summed E-state index contributed by atoms with van der Waals surface area (Å²) < 4.78 is 23.0. The fourth-order valence-corrected chi connectivity index (χ4v) is 3.38. The number of hydroxylamine groups is 2. The van der Waals surface area contributed by atoms with Crippen molar-refractivity contribution in [2.45, 2.75) is 32.4 Å². The van der Waals surface area contributed by atoms with Crippen LogP contribution in [0, 0.1) is 5.92 Å². The summed E-state index contributed by atoms with van der Waals surface area (Å²) in [4.78, 5) is 7.25. The summed E-state index contributed by atoms with van der Waals surface area (Å²) >= 11 is 0. The summed E-state index contributed by atoms with van der Waals surface area (Å²) in [5.74, 6) is 0.561. The smallest absolute Gasteiger partial charge is 0.151 e. The third kappa shape index (κ3) is 4.66. The van der Waals surface area contributed by atoms with Gasteiger partial charge in [0.2, 0.25) is 0 Å². The van der Waals surface area contributed by atoms with Gasteiger partial charge < -0.3 is 10.0 Å². The molecule has 1 heterocycles. The fourth-order valence-electron chi connectivity index (χ4n) is 2.56. The molecular formula is C13H28N2O4S. The third-order valence-electron chi connectivity index (χ3n) is 4.43. The molecule has 6 nitrogen and oxygen atoms in total. The highest BCUT2D eigenvalue weighted by Gasteiger charge is 2.38. The predicted octanol–water partition coefficient (Wildman–Crippen LogP) is 0.335. The van der Waals surface area contributed by atoms with E-state index >= 15 is 0 Å². The minimum Gasteiger partial charge on any atom is -0.374 e. The van der Waals surface area contributed by atoms with Gasteiger partial charge in [0.25, 0.3) is 0 Å². The molecule has 1 atom stereocenters. The second-order valence-corrected chi connectivity index (χ2v) is 8.10. The van der Waals surface area contributed by atoms with E-state index in [0.717, 1.165) is 25.9 Å². The van der Waals surface area contributed by atoms with Crippen LogP contribution in [-0.4, -0.2) is 74.5 Å². The molecule has 1 rings (SSSR count). The number of hydrogen-bond acceptors (Lipinski definition) is 6. The van der Waals surface area contributed by atoms with Gasteiger partial charge in [-0.15, -0.1) is 0 Å². The minimum atomic E-state index is -2.90. The molecule has 1 unspecified atom stereocenters. The number of aliphatic hydroxyl groups is 1. The Morgan fingerprint density at radius 3 is 2.40 bits per heavy atom. The van der Waals surface area contributed by atoms with Crippen molar-refractivity contribution in [1.82, 2.24) is 9.96 Å². The van der Waals surface area contributed by atoms with Crippen molar-refractivity contribution in [1.29, 1.82) is 0 Å². The van der Waals surface area contributed by atoms with Crippen molar-refractivity contribution in [3.63, 3.8) is 0 Å². The Morgan fingerprint density at radius 2 is 1.95 bits per heavy atom. The van der Waals surface area contributed by atoms with Gasteiger partial charge in [-0.25, -0.2) is 8.42 Å². The second kappa shape index (κ2) is 7.17. The number of piperidine rings is 1. The summed E-state index contributed by atoms with van der Waals surface area (Å²) in [5, 5.41) is 12.0. The van der Waals surface area contributed by atoms with Crippen LogP contribution in [0.15, 0.2) is 0 Å². The van der Waals surface area contributed by atoms with Gasteiger partial charge in [-0.2, -0.15) is 5.06 Å². The van der Waals surface area contributed by atoms with Crippen LogP contribution in [0.2, 0.25) is 0 Å². The molecule has 1 fully saturated rings. The van der Waals surface area contributed by atoms with Gasteiger partial charge in [-0.1, -0.05) is 6.92 Å². The molecule has 0 aromatic carbocycles. The number of nitrogens with zero attached hydrogens (tertiary/aromatic N) is 2. The number of sulfone groups is 1. The molecule has 1 aliphatic rings. The van der Waals surface area contributed by atoms with Gasteiger partial charge in [0.15, 0.2) is 9.84 Å². The summed E-state index contributed by atoms with van der Waals surface area (Å²) in [6, 6.07) is 0. The van der Waals surface area contributed by atoms with Crippen molar-refractivity contribution in [2.75, 3.05) is 45.3 Å². The first-order chi connectivity index (χ1) is 9.23. The monoisotopic (exact) mass is 308 g/mol. The van der Waals surface area contributed by atoms with Gasteiger partial charge in [0, 0.05) is 25.3 Å². The van der Waals surface area contributed by atoms with E-state index in [9.17, 15) is 13.5 Å². The Bertz CT molecular complexity index is 389. The molecule has 1 N–H and O–H groups in total. The van der Waals surface area contributed by atoms with E-state index in [1.807, 2.05) is 0 Å². The van der Waals surface area contributed by atoms with Crippen molar-refractivity contribution in [3.05, 3.63) is 0 Å². The maximum atomic E-state index is 11.5. The van der Waals surface area contributed by atoms with Crippen LogP contribution in [0.25, 0.3) is 0 Å². The van der Waals surface area contributed by atoms with Crippen LogP contribution in [-0.2, 0) is 14.7 Å². The first-order valence-corrected chi connectivity index (χ1v) is 8.98. The van der Waals surface area contributed by atoms with Crippen molar-refractivity contribution in [3.8, 4) is 0 Å². The average Bonchev–Trinajstić information content (AvgIpc) is 2.44. The average molecular weight is 308 g/mol. The molecule has 0 amide bonds. The SMILES string of the molecule is CCS(=O)(=O)CCN1CCC(C(C)(O)N(C)OC)CC1. The zero-order valence-corrected chi connectivity index (χ0v) is 13.8. The number of hydrogen-bond donors (Lipinski definition) is 1. The summed E-state index contributed by atoms with van der Waals surface area (Å²) in [6.07, 6.45) is 1.68. The zero-order chi connectivity index (χ0) is 15.4. The van der Waals surface area contributed by atoms with Crippen LogP contribution in [0.4, 0.5) is 0 Å². The molecular weight excluding hydrogens is 280 g/mol. The Morgan fingerprint density at radius 1 is 1.40 bits per heavy atom. The molecule has 7 heteroatoms. The van der Waals surface area contributed by atoms with E-state index in [2.05, 4.69) is 4.90 Å². The lowest BCUT2D eigenvalue weighted by Gasteiger charge is -2.43. The molecule has 0 bridgehead atoms. The summed E-state index contributed by atoms with van der Waals surface area (Å²) in [5.41, 5.74) is -0.990. The van der Waals surface area contributed by atoms with Crippen molar-refractivity contribution >= 4 is 9.84 Å². The lowest BCUT2D eigenvalue weighted by atomic mass is 9.87. The fraction of sp³-hybridized carbons (Fsp3) is 1.00. The summed E-state index contributed by atoms with van der Waals surface area (Å²) in [7, 11) is 0.366. The van der Waals surface area contributed by atoms with E-state index in [1.165, 1.54) is 5.06 Å². The van der Waals surface area contributed by atoms with E-state index in [1.54, 1.807) is 28.0 Å². The number of likely N-dealkylation sites (tertiary alicyclic amines) is 1. The Kier molecular flexibility index (Phi) is 6.40. The molecule has 0 aromatic heterocycles. The van der Waals surface area contributed by atoms with Crippen LogP contribution >= 0.6 is 0 Å². The molecule has 1 aliphatic heterocycles. The molecule has 0 aliphatic carbocycles. The van der Waals surface area contributed by atoms with Crippen molar-refractivity contribution < 1.29 is 18.4 Å². The first-order valence-electron chi connectivity index (χ1n) is 7.16.